The number of nitrogens with zero attached hydrogens (tertiary/aromatic N) is 5. The van der Waals surface area contributed by atoms with Crippen LogP contribution in [0.5, 0.6) is 5.88 Å². The molecule has 1 atom stereocenters. The molecule has 1 fully saturated rings. The predicted octanol–water partition coefficient (Wildman–Crippen LogP) is 1.30. The van der Waals surface area contributed by atoms with Crippen molar-refractivity contribution in [3.63, 3.8) is 0 Å². The third-order valence-corrected chi connectivity index (χ3v) is 5.54. The number of rotatable bonds is 8. The lowest BCUT2D eigenvalue weighted by molar-refractivity contribution is 0.102. The van der Waals surface area contributed by atoms with Crippen molar-refractivity contribution < 1.29 is 14.3 Å². The number of anilines is 4. The summed E-state index contributed by atoms with van der Waals surface area (Å²) in [5.41, 5.74) is 20.5. The Hall–Kier alpha value is -4.03. The minimum Gasteiger partial charge on any atom is -0.473 e. The Morgan fingerprint density at radius 1 is 1.17 bits per heavy atom. The number of hydrogen-bond acceptors (Lipinski definition) is 11. The quantitative estimate of drug-likeness (QED) is 0.342. The van der Waals surface area contributed by atoms with Gasteiger partial charge in [0.1, 0.15) is 12.3 Å². The number of carbonyl (C=O) groups is 1. The standard InChI is InChI=1S/C23H29N9O3/c1-34-9-10-35-23-21(26)28-12-17(31-23)16-5-4-15(25)20(29-16)22(33)30-18-11-27-7-6-19(18)32-8-2-3-14(24)13-32/h4-7,11-12,14H,2-3,8-10,13,24-25H2,1H3,(H2,26,28)(H,30,33). The fraction of sp³-hybridized carbons (Fsp3) is 0.348. The van der Waals surface area contributed by atoms with Crippen LogP contribution in [0.25, 0.3) is 11.4 Å². The lowest BCUT2D eigenvalue weighted by atomic mass is 10.1. The van der Waals surface area contributed by atoms with E-state index < -0.39 is 5.91 Å². The van der Waals surface area contributed by atoms with Crippen molar-refractivity contribution in [2.45, 2.75) is 18.9 Å². The van der Waals surface area contributed by atoms with Gasteiger partial charge in [0.25, 0.3) is 11.8 Å². The van der Waals surface area contributed by atoms with Crippen LogP contribution in [-0.4, -0.2) is 65.3 Å². The van der Waals surface area contributed by atoms with Gasteiger partial charge >= 0.3 is 0 Å². The summed E-state index contributed by atoms with van der Waals surface area (Å²) in [4.78, 5) is 32.5. The van der Waals surface area contributed by atoms with E-state index in [4.69, 9.17) is 26.7 Å². The Balaban J connectivity index is 1.58. The summed E-state index contributed by atoms with van der Waals surface area (Å²) >= 11 is 0. The maximum Gasteiger partial charge on any atom is 0.276 e. The van der Waals surface area contributed by atoms with Crippen molar-refractivity contribution in [2.24, 2.45) is 5.73 Å². The number of amides is 1. The number of piperidine rings is 1. The van der Waals surface area contributed by atoms with Gasteiger partial charge in [0.15, 0.2) is 11.5 Å². The SMILES string of the molecule is COCCOc1nc(-c2ccc(N)c(C(=O)Nc3cnccc3N3CCCC(N)C3)n2)cnc1N. The molecule has 1 amide bonds. The van der Waals surface area contributed by atoms with Gasteiger partial charge in [-0.25, -0.2) is 15.0 Å². The molecule has 0 bridgehead atoms. The van der Waals surface area contributed by atoms with Gasteiger partial charge in [-0.3, -0.25) is 9.78 Å². The molecule has 1 aliphatic rings. The van der Waals surface area contributed by atoms with E-state index in [2.05, 4.69) is 30.2 Å². The number of ether oxygens (including phenoxy) is 2. The predicted molar refractivity (Wildman–Crippen MR) is 133 cm³/mol. The Morgan fingerprint density at radius 3 is 2.83 bits per heavy atom. The fourth-order valence-corrected chi connectivity index (χ4v) is 3.80. The van der Waals surface area contributed by atoms with Crippen LogP contribution < -0.4 is 32.2 Å². The third kappa shape index (κ3) is 5.73. The molecule has 0 aliphatic carbocycles. The van der Waals surface area contributed by atoms with Crippen molar-refractivity contribution in [2.75, 3.05) is 55.1 Å². The monoisotopic (exact) mass is 479 g/mol. The molecule has 1 saturated heterocycles. The zero-order valence-electron chi connectivity index (χ0n) is 19.5. The first kappa shape index (κ1) is 24.1. The van der Waals surface area contributed by atoms with Gasteiger partial charge < -0.3 is 36.9 Å². The second kappa shape index (κ2) is 10.9. The van der Waals surface area contributed by atoms with E-state index in [9.17, 15) is 4.79 Å². The summed E-state index contributed by atoms with van der Waals surface area (Å²) in [5.74, 6) is -0.177. The van der Waals surface area contributed by atoms with Crippen molar-refractivity contribution in [3.05, 3.63) is 42.5 Å². The minimum absolute atomic E-state index is 0.0492. The zero-order valence-corrected chi connectivity index (χ0v) is 19.5. The van der Waals surface area contributed by atoms with Crippen LogP contribution in [0.3, 0.4) is 0 Å². The number of nitrogen functional groups attached to an aromatic ring is 2. The van der Waals surface area contributed by atoms with Crippen LogP contribution >= 0.6 is 0 Å². The zero-order chi connectivity index (χ0) is 24.8. The summed E-state index contributed by atoms with van der Waals surface area (Å²) in [7, 11) is 1.57. The highest BCUT2D eigenvalue weighted by Gasteiger charge is 2.22. The van der Waals surface area contributed by atoms with Gasteiger partial charge in [-0.05, 0) is 31.0 Å². The molecule has 1 unspecified atom stereocenters. The largest absolute Gasteiger partial charge is 0.473 e. The molecule has 1 aliphatic heterocycles. The Labute approximate surface area is 202 Å². The molecule has 4 heterocycles. The van der Waals surface area contributed by atoms with E-state index in [1.807, 2.05) is 6.07 Å². The van der Waals surface area contributed by atoms with E-state index in [0.29, 0.717) is 30.2 Å². The Kier molecular flexibility index (Phi) is 7.53. The maximum absolute atomic E-state index is 13.2. The first-order valence-corrected chi connectivity index (χ1v) is 11.2. The van der Waals surface area contributed by atoms with Crippen molar-refractivity contribution >= 4 is 28.8 Å². The van der Waals surface area contributed by atoms with Crippen LogP contribution in [0.2, 0.25) is 0 Å². The number of carbonyl (C=O) groups excluding carboxylic acids is 1. The van der Waals surface area contributed by atoms with Gasteiger partial charge in [0.05, 0.1) is 41.8 Å². The average molecular weight is 480 g/mol. The van der Waals surface area contributed by atoms with Crippen LogP contribution in [0.15, 0.2) is 36.8 Å². The number of methoxy groups -OCH3 is 1. The van der Waals surface area contributed by atoms with Crippen LogP contribution in [0.1, 0.15) is 23.3 Å². The molecule has 0 aromatic carbocycles. The topological polar surface area (TPSA) is 180 Å². The maximum atomic E-state index is 13.2. The lowest BCUT2D eigenvalue weighted by Crippen LogP contribution is -2.43. The third-order valence-electron chi connectivity index (χ3n) is 5.54. The summed E-state index contributed by atoms with van der Waals surface area (Å²) in [6, 6.07) is 5.18. The van der Waals surface area contributed by atoms with Gasteiger partial charge in [-0.2, -0.15) is 0 Å². The molecular formula is C23H29N9O3. The van der Waals surface area contributed by atoms with Gasteiger partial charge in [-0.1, -0.05) is 0 Å². The second-order valence-electron chi connectivity index (χ2n) is 8.12. The number of hydrogen-bond donors (Lipinski definition) is 4. The van der Waals surface area contributed by atoms with Gasteiger partial charge in [0.2, 0.25) is 0 Å². The first-order valence-electron chi connectivity index (χ1n) is 11.2. The molecule has 0 saturated carbocycles. The first-order chi connectivity index (χ1) is 17.0. The normalized spacial score (nSPS) is 15.6. The number of nitrogens with two attached hydrogens (primary N) is 3. The summed E-state index contributed by atoms with van der Waals surface area (Å²) in [5, 5.41) is 2.89. The lowest BCUT2D eigenvalue weighted by Gasteiger charge is -2.33. The van der Waals surface area contributed by atoms with Crippen LogP contribution in [0, 0.1) is 0 Å². The number of nitrogens with one attached hydrogen (secondary N) is 1. The van der Waals surface area contributed by atoms with Crippen LogP contribution in [0.4, 0.5) is 22.9 Å². The summed E-state index contributed by atoms with van der Waals surface area (Å²) in [6.07, 6.45) is 6.70. The van der Waals surface area contributed by atoms with E-state index in [0.717, 1.165) is 25.1 Å². The second-order valence-corrected chi connectivity index (χ2v) is 8.12. The van der Waals surface area contributed by atoms with Crippen LogP contribution in [-0.2, 0) is 4.74 Å². The molecule has 4 rings (SSSR count). The Bertz CT molecular complexity index is 1190. The highest BCUT2D eigenvalue weighted by atomic mass is 16.5. The highest BCUT2D eigenvalue weighted by Crippen LogP contribution is 2.29. The van der Waals surface area contributed by atoms with Crippen molar-refractivity contribution in [1.82, 2.24) is 19.9 Å². The molecule has 7 N–H and O–H groups in total. The molecule has 35 heavy (non-hydrogen) atoms. The van der Waals surface area contributed by atoms with E-state index >= 15 is 0 Å². The molecule has 0 radical (unpaired) electrons. The van der Waals surface area contributed by atoms with Gasteiger partial charge in [0, 0.05) is 32.4 Å². The van der Waals surface area contributed by atoms with E-state index in [-0.39, 0.29) is 35.7 Å². The number of aromatic nitrogens is 4. The molecule has 0 spiro atoms. The number of pyridine rings is 2. The van der Waals surface area contributed by atoms with E-state index in [1.54, 1.807) is 31.6 Å². The molecule has 184 valence electrons. The molecule has 3 aromatic heterocycles. The minimum atomic E-state index is -0.472. The van der Waals surface area contributed by atoms with Crippen molar-refractivity contribution in [1.29, 1.82) is 0 Å². The fourth-order valence-electron chi connectivity index (χ4n) is 3.80. The highest BCUT2D eigenvalue weighted by molar-refractivity contribution is 6.07. The smallest absolute Gasteiger partial charge is 0.276 e. The van der Waals surface area contributed by atoms with Crippen molar-refractivity contribution in [3.8, 4) is 17.3 Å². The summed E-state index contributed by atoms with van der Waals surface area (Å²) in [6.45, 7) is 2.18. The molecule has 12 nitrogen and oxygen atoms in total. The molecule has 3 aromatic rings. The summed E-state index contributed by atoms with van der Waals surface area (Å²) < 4.78 is 10.5. The molecular weight excluding hydrogens is 450 g/mol. The van der Waals surface area contributed by atoms with E-state index in [1.165, 1.54) is 6.20 Å². The molecule has 12 heteroatoms. The van der Waals surface area contributed by atoms with Gasteiger partial charge in [-0.15, -0.1) is 0 Å². The Morgan fingerprint density at radius 2 is 2.03 bits per heavy atom. The average Bonchev–Trinajstić information content (AvgIpc) is 2.86.